The van der Waals surface area contributed by atoms with Gasteiger partial charge in [-0.1, -0.05) is 59.6 Å². The number of benzene rings is 4. The second-order valence-electron chi connectivity index (χ2n) is 9.35. The molecule has 0 aliphatic heterocycles. The van der Waals surface area contributed by atoms with E-state index in [9.17, 15) is 27.6 Å². The third-order valence-electron chi connectivity index (χ3n) is 6.02. The van der Waals surface area contributed by atoms with E-state index in [1.54, 1.807) is 73.7 Å². The number of alkyl halides is 3. The van der Waals surface area contributed by atoms with Crippen LogP contribution in [-0.4, -0.2) is 23.0 Å². The standard InChI is InChI=1S/C32H24Cl2F3N3O3S/c1-19(29(41)38-24-10-5-9-22(16-24)32(35,36)37)44-26-12-6-11-25(18-26)39-31(43)28(15-21-13-14-23(33)17-27(21)34)40-30(42)20-7-3-2-4-8-20/h2-19H,1H3,(H,38,41)(H,39,43)(H,40,42)/b28-15+. The van der Waals surface area contributed by atoms with Crippen molar-refractivity contribution in [1.82, 2.24) is 5.32 Å². The summed E-state index contributed by atoms with van der Waals surface area (Å²) >= 11 is 13.4. The second-order valence-corrected chi connectivity index (χ2v) is 11.6. The van der Waals surface area contributed by atoms with Gasteiger partial charge in [0, 0.05) is 31.9 Å². The Morgan fingerprint density at radius 2 is 1.50 bits per heavy atom. The van der Waals surface area contributed by atoms with Gasteiger partial charge in [0.25, 0.3) is 11.8 Å². The first kappa shape index (κ1) is 32.7. The van der Waals surface area contributed by atoms with E-state index in [1.807, 2.05) is 0 Å². The average molecular weight is 659 g/mol. The quantitative estimate of drug-likeness (QED) is 0.124. The average Bonchev–Trinajstić information content (AvgIpc) is 2.98. The molecule has 0 saturated carbocycles. The van der Waals surface area contributed by atoms with Crippen LogP contribution in [-0.2, 0) is 15.8 Å². The van der Waals surface area contributed by atoms with Crippen LogP contribution in [0.4, 0.5) is 24.5 Å². The summed E-state index contributed by atoms with van der Waals surface area (Å²) in [5, 5.41) is 7.86. The molecule has 4 aromatic carbocycles. The van der Waals surface area contributed by atoms with E-state index in [1.165, 1.54) is 24.3 Å². The molecule has 0 aromatic heterocycles. The van der Waals surface area contributed by atoms with Crippen LogP contribution in [0.3, 0.4) is 0 Å². The maximum absolute atomic E-state index is 13.4. The van der Waals surface area contributed by atoms with Crippen molar-refractivity contribution in [2.45, 2.75) is 23.2 Å². The molecule has 1 unspecified atom stereocenters. The fourth-order valence-corrected chi connectivity index (χ4v) is 5.23. The van der Waals surface area contributed by atoms with Crippen molar-refractivity contribution < 1.29 is 27.6 Å². The van der Waals surface area contributed by atoms with E-state index in [0.29, 0.717) is 26.7 Å². The fraction of sp³-hybridized carbons (Fsp3) is 0.0938. The lowest BCUT2D eigenvalue weighted by Crippen LogP contribution is -2.30. The van der Waals surface area contributed by atoms with Crippen LogP contribution in [0.1, 0.15) is 28.4 Å². The third-order valence-corrected chi connectivity index (χ3v) is 7.68. The minimum atomic E-state index is -4.54. The van der Waals surface area contributed by atoms with Gasteiger partial charge in [-0.15, -0.1) is 11.8 Å². The molecule has 0 heterocycles. The lowest BCUT2D eigenvalue weighted by atomic mass is 10.1. The Hall–Kier alpha value is -4.25. The van der Waals surface area contributed by atoms with E-state index in [-0.39, 0.29) is 16.4 Å². The number of anilines is 2. The van der Waals surface area contributed by atoms with Crippen LogP contribution >= 0.6 is 35.0 Å². The van der Waals surface area contributed by atoms with Crippen LogP contribution in [0, 0.1) is 0 Å². The molecule has 3 N–H and O–H groups in total. The van der Waals surface area contributed by atoms with Gasteiger partial charge < -0.3 is 16.0 Å². The molecule has 0 aliphatic carbocycles. The molecule has 0 spiro atoms. The van der Waals surface area contributed by atoms with Gasteiger partial charge in [-0.2, -0.15) is 13.2 Å². The molecule has 44 heavy (non-hydrogen) atoms. The molecule has 0 saturated heterocycles. The van der Waals surface area contributed by atoms with Crippen LogP contribution in [0.25, 0.3) is 6.08 Å². The topological polar surface area (TPSA) is 87.3 Å². The summed E-state index contributed by atoms with van der Waals surface area (Å²) in [5.41, 5.74) is 0.216. The summed E-state index contributed by atoms with van der Waals surface area (Å²) < 4.78 is 39.1. The largest absolute Gasteiger partial charge is 0.416 e. The Morgan fingerprint density at radius 3 is 2.18 bits per heavy atom. The maximum atomic E-state index is 13.4. The zero-order valence-corrected chi connectivity index (χ0v) is 25.2. The smallest absolute Gasteiger partial charge is 0.325 e. The number of halogens is 5. The fourth-order valence-electron chi connectivity index (χ4n) is 3.84. The minimum absolute atomic E-state index is 0.0240. The molecule has 6 nitrogen and oxygen atoms in total. The number of hydrogen-bond acceptors (Lipinski definition) is 4. The normalized spacial score (nSPS) is 12.3. The van der Waals surface area contributed by atoms with Crippen molar-refractivity contribution >= 4 is 70.1 Å². The Kier molecular flexibility index (Phi) is 10.7. The van der Waals surface area contributed by atoms with E-state index >= 15 is 0 Å². The minimum Gasteiger partial charge on any atom is -0.325 e. The molecule has 1 atom stereocenters. The van der Waals surface area contributed by atoms with Crippen molar-refractivity contribution in [3.63, 3.8) is 0 Å². The SMILES string of the molecule is CC(Sc1cccc(NC(=O)/C(=C\c2ccc(Cl)cc2Cl)NC(=O)c2ccccc2)c1)C(=O)Nc1cccc(C(F)(F)F)c1. The number of carbonyl (C=O) groups excluding carboxylic acids is 3. The molecule has 226 valence electrons. The van der Waals surface area contributed by atoms with Gasteiger partial charge >= 0.3 is 6.18 Å². The Balaban J connectivity index is 1.49. The highest BCUT2D eigenvalue weighted by Gasteiger charge is 2.30. The maximum Gasteiger partial charge on any atom is 0.416 e. The van der Waals surface area contributed by atoms with Gasteiger partial charge in [0.2, 0.25) is 5.91 Å². The number of rotatable bonds is 9. The molecule has 4 aromatic rings. The first-order valence-electron chi connectivity index (χ1n) is 13.0. The van der Waals surface area contributed by atoms with Crippen LogP contribution < -0.4 is 16.0 Å². The summed E-state index contributed by atoms with van der Waals surface area (Å²) in [6, 6.07) is 24.1. The highest BCUT2D eigenvalue weighted by molar-refractivity contribution is 8.00. The zero-order valence-electron chi connectivity index (χ0n) is 22.9. The Bertz CT molecular complexity index is 1720. The zero-order chi connectivity index (χ0) is 31.9. The first-order chi connectivity index (χ1) is 20.9. The molecule has 4 rings (SSSR count). The number of nitrogens with one attached hydrogen (secondary N) is 3. The summed E-state index contributed by atoms with van der Waals surface area (Å²) in [7, 11) is 0. The predicted octanol–water partition coefficient (Wildman–Crippen LogP) is 8.54. The number of carbonyl (C=O) groups is 3. The van der Waals surface area contributed by atoms with Gasteiger partial charge in [0.1, 0.15) is 5.70 Å². The van der Waals surface area contributed by atoms with Crippen LogP contribution in [0.2, 0.25) is 10.0 Å². The van der Waals surface area contributed by atoms with Crippen molar-refractivity contribution in [3.8, 4) is 0 Å². The molecule has 12 heteroatoms. The van der Waals surface area contributed by atoms with Gasteiger partial charge in [-0.25, -0.2) is 0 Å². The van der Waals surface area contributed by atoms with E-state index in [4.69, 9.17) is 23.2 Å². The molecule has 0 fully saturated rings. The van der Waals surface area contributed by atoms with E-state index < -0.39 is 34.7 Å². The van der Waals surface area contributed by atoms with Gasteiger partial charge in [-0.05, 0) is 79.2 Å². The summed E-state index contributed by atoms with van der Waals surface area (Å²) in [5.74, 6) is -1.66. The van der Waals surface area contributed by atoms with Crippen LogP contribution in [0.5, 0.6) is 0 Å². The lowest BCUT2D eigenvalue weighted by Gasteiger charge is -2.15. The summed E-state index contributed by atoms with van der Waals surface area (Å²) in [6.45, 7) is 1.61. The summed E-state index contributed by atoms with van der Waals surface area (Å²) in [6.07, 6.45) is -3.11. The summed E-state index contributed by atoms with van der Waals surface area (Å²) in [4.78, 5) is 39.6. The number of amides is 3. The molecule has 0 radical (unpaired) electrons. The Labute approximate surface area is 265 Å². The molecule has 0 bridgehead atoms. The van der Waals surface area contributed by atoms with Crippen molar-refractivity contribution in [3.05, 3.63) is 129 Å². The molecular formula is C32H24Cl2F3N3O3S. The molecule has 3 amide bonds. The van der Waals surface area contributed by atoms with E-state index in [2.05, 4.69) is 16.0 Å². The van der Waals surface area contributed by atoms with Gasteiger partial charge in [0.05, 0.1) is 10.8 Å². The van der Waals surface area contributed by atoms with E-state index in [0.717, 1.165) is 23.9 Å². The number of thioether (sulfide) groups is 1. The van der Waals surface area contributed by atoms with Gasteiger partial charge in [0.15, 0.2) is 0 Å². The molecular weight excluding hydrogens is 634 g/mol. The second kappa shape index (κ2) is 14.5. The predicted molar refractivity (Wildman–Crippen MR) is 169 cm³/mol. The first-order valence-corrected chi connectivity index (χ1v) is 14.6. The number of hydrogen-bond donors (Lipinski definition) is 3. The Morgan fingerprint density at radius 1 is 0.818 bits per heavy atom. The highest BCUT2D eigenvalue weighted by atomic mass is 35.5. The third kappa shape index (κ3) is 9.12. The lowest BCUT2D eigenvalue weighted by molar-refractivity contribution is -0.137. The molecule has 0 aliphatic rings. The van der Waals surface area contributed by atoms with Crippen molar-refractivity contribution in [2.75, 3.05) is 10.6 Å². The highest BCUT2D eigenvalue weighted by Crippen LogP contribution is 2.32. The monoisotopic (exact) mass is 657 g/mol. The van der Waals surface area contributed by atoms with Crippen LogP contribution in [0.15, 0.2) is 108 Å². The van der Waals surface area contributed by atoms with Gasteiger partial charge in [-0.3, -0.25) is 14.4 Å². The van der Waals surface area contributed by atoms with Crippen molar-refractivity contribution in [1.29, 1.82) is 0 Å². The van der Waals surface area contributed by atoms with Crippen molar-refractivity contribution in [2.24, 2.45) is 0 Å².